The number of nitriles is 2. The molecule has 0 aromatic carbocycles. The van der Waals surface area contributed by atoms with Crippen molar-refractivity contribution in [1.82, 2.24) is 19.6 Å². The minimum Gasteiger partial charge on any atom is -1.00 e. The van der Waals surface area contributed by atoms with Gasteiger partial charge in [-0.05, 0) is 13.8 Å². The molecule has 2 rings (SSSR count). The van der Waals surface area contributed by atoms with Crippen molar-refractivity contribution in [3.8, 4) is 11.9 Å². The first kappa shape index (κ1) is 63.7. The van der Waals surface area contributed by atoms with Crippen molar-refractivity contribution in [2.45, 2.75) is 36.1 Å². The number of nitrogens with zero attached hydrogens (tertiary/aromatic N) is 6. The molecule has 0 aromatic heterocycles. The van der Waals surface area contributed by atoms with Gasteiger partial charge in [-0.15, -0.1) is 0 Å². The first-order valence-electron chi connectivity index (χ1n) is 7.15. The topological polar surface area (TPSA) is 92.0 Å². The normalized spacial score (nSPS) is 10.4. The third kappa shape index (κ3) is 36.2. The van der Waals surface area contributed by atoms with E-state index in [-0.39, 0.29) is 163 Å². The van der Waals surface area contributed by atoms with Crippen LogP contribution in [0.2, 0.25) is 0 Å². The van der Waals surface area contributed by atoms with Crippen LogP contribution in [0.15, 0.2) is 24.8 Å². The fourth-order valence-corrected chi connectivity index (χ4v) is 1.62. The van der Waals surface area contributed by atoms with E-state index in [1.807, 2.05) is 0 Å². The Morgan fingerprint density at radius 3 is 1.13 bits per heavy atom. The van der Waals surface area contributed by atoms with Crippen molar-refractivity contribution < 1.29 is 137 Å². The average Bonchev–Trinajstić information content (AvgIpc) is 3.15. The third-order valence-electron chi connectivity index (χ3n) is 2.91. The summed E-state index contributed by atoms with van der Waals surface area (Å²) in [7, 11) is 4.15. The van der Waals surface area contributed by atoms with E-state index in [1.54, 1.807) is 0 Å². The quantitative estimate of drug-likeness (QED) is 0.257. The van der Waals surface area contributed by atoms with E-state index in [2.05, 4.69) is 72.3 Å². The molecule has 2 heterocycles. The average molecular weight is 536 g/mol. The van der Waals surface area contributed by atoms with Crippen molar-refractivity contribution in [3.63, 3.8) is 0 Å². The maximum Gasteiger partial charge on any atom is 1.00 e. The van der Waals surface area contributed by atoms with Gasteiger partial charge in [0, 0.05) is 52.0 Å². The molecule has 13 heteroatoms. The molecule has 0 unspecified atom stereocenters. The molecule has 0 spiro atoms. The van der Waals surface area contributed by atoms with E-state index >= 15 is 0 Å². The van der Waals surface area contributed by atoms with Gasteiger partial charge >= 0.3 is 110 Å². The van der Waals surface area contributed by atoms with Gasteiger partial charge in [0.1, 0.15) is 0 Å². The SMILES string of the molecule is C.C.C.CCN1C=CN(C)C1.CCN1C=CN(C)C1.N#CB(F)C#N.O.[CH3-].[Cl-].[Cl-].[K+].[K+]. The van der Waals surface area contributed by atoms with Crippen molar-refractivity contribution in [3.05, 3.63) is 32.2 Å². The van der Waals surface area contributed by atoms with Crippen LogP contribution in [0.4, 0.5) is 4.32 Å². The predicted molar refractivity (Wildman–Crippen MR) is 117 cm³/mol. The minimum absolute atomic E-state index is 0. The van der Waals surface area contributed by atoms with E-state index < -0.39 is 6.99 Å². The second-order valence-electron chi connectivity index (χ2n) is 4.82. The Labute approximate surface area is 290 Å². The van der Waals surface area contributed by atoms with Crippen LogP contribution in [0, 0.1) is 29.9 Å². The van der Waals surface area contributed by atoms with E-state index in [1.165, 1.54) is 0 Å². The summed E-state index contributed by atoms with van der Waals surface area (Å²) >= 11 is 0. The molecule has 2 aliphatic rings. The van der Waals surface area contributed by atoms with E-state index in [4.69, 9.17) is 10.5 Å². The summed E-state index contributed by atoms with van der Waals surface area (Å²) in [6.45, 7) is 6.69. The molecule has 0 bridgehead atoms. The van der Waals surface area contributed by atoms with Crippen LogP contribution in [0.3, 0.4) is 0 Å². The van der Waals surface area contributed by atoms with Gasteiger partial charge in [-0.1, -0.05) is 22.3 Å². The molecule has 2 aliphatic heterocycles. The molecular weight excluding hydrogens is 495 g/mol. The summed E-state index contributed by atoms with van der Waals surface area (Å²) in [5, 5.41) is 15.0. The Morgan fingerprint density at radius 2 is 1.06 bits per heavy atom. The predicted octanol–water partition coefficient (Wildman–Crippen LogP) is -9.01. The Morgan fingerprint density at radius 1 is 0.806 bits per heavy atom. The summed E-state index contributed by atoms with van der Waals surface area (Å²) in [6, 6.07) is 0. The minimum atomic E-state index is -1.95. The molecule has 0 aromatic rings. The van der Waals surface area contributed by atoms with Gasteiger partial charge in [0.2, 0.25) is 0 Å². The molecule has 0 saturated carbocycles. The summed E-state index contributed by atoms with van der Waals surface area (Å²) < 4.78 is 11.1. The van der Waals surface area contributed by atoms with Crippen molar-refractivity contribution >= 4 is 6.99 Å². The van der Waals surface area contributed by atoms with E-state index in [0.29, 0.717) is 0 Å². The molecule has 176 valence electrons. The monoisotopic (exact) mass is 535 g/mol. The first-order valence-corrected chi connectivity index (χ1v) is 7.15. The molecule has 31 heavy (non-hydrogen) atoms. The van der Waals surface area contributed by atoms with Crippen LogP contribution < -0.4 is 128 Å². The van der Waals surface area contributed by atoms with Crippen molar-refractivity contribution in [2.75, 3.05) is 40.5 Å². The molecule has 2 N–H and O–H groups in total. The molecule has 0 saturated heterocycles. The molecule has 0 radical (unpaired) electrons. The van der Waals surface area contributed by atoms with Gasteiger partial charge < -0.3 is 57.3 Å². The maximum atomic E-state index is 11.1. The number of hydrogen-bond acceptors (Lipinski definition) is 6. The van der Waals surface area contributed by atoms with E-state index in [0.717, 1.165) is 38.4 Å². The van der Waals surface area contributed by atoms with Gasteiger partial charge in [-0.25, -0.2) is 10.5 Å². The summed E-state index contributed by atoms with van der Waals surface area (Å²) in [4.78, 5) is 8.81. The van der Waals surface area contributed by atoms with Crippen LogP contribution in [0.25, 0.3) is 0 Å². The zero-order chi connectivity index (χ0) is 17.0. The molecule has 0 fully saturated rings. The second kappa shape index (κ2) is 41.7. The van der Waals surface area contributed by atoms with Gasteiger partial charge in [-0.3, -0.25) is 4.32 Å². The fraction of sp³-hybridized carbons (Fsp3) is 0.611. The molecule has 0 aliphatic carbocycles. The van der Waals surface area contributed by atoms with Gasteiger partial charge in [-0.2, -0.15) is 0 Å². The van der Waals surface area contributed by atoms with Crippen LogP contribution in [0.1, 0.15) is 36.1 Å². The Balaban J connectivity index is -0.0000000235. The number of rotatable bonds is 2. The molecular formula is C18H41BCl2FK2N6O-. The standard InChI is InChI=1S/2C6H12N2.C2BFN2.3CH4.CH3.2ClH.2K.H2O/c2*1-3-8-5-4-7(2)6-8;4-3(1-5)2-6;;;;;;;;;/h2*4-5H,3,6H2,1-2H3;;3*1H4;1H3;2*1H;;;1H2/q;;;;;;-1;;;2*+1;/p-2. The number of halogens is 3. The second-order valence-corrected chi connectivity index (χ2v) is 4.82. The van der Waals surface area contributed by atoms with Gasteiger partial charge in [0.05, 0.1) is 25.3 Å². The van der Waals surface area contributed by atoms with E-state index in [9.17, 15) is 4.32 Å². The molecule has 0 amide bonds. The van der Waals surface area contributed by atoms with Crippen molar-refractivity contribution in [1.29, 1.82) is 10.5 Å². The summed E-state index contributed by atoms with van der Waals surface area (Å²) in [5.74, 6) is 2.17. The third-order valence-corrected chi connectivity index (χ3v) is 2.91. The van der Waals surface area contributed by atoms with Gasteiger partial charge in [0.15, 0.2) is 0 Å². The number of hydrogen-bond donors (Lipinski definition) is 0. The van der Waals surface area contributed by atoms with Crippen LogP contribution >= 0.6 is 0 Å². The largest absolute Gasteiger partial charge is 1.00 e. The molecule has 0 atom stereocenters. The van der Waals surface area contributed by atoms with Crippen LogP contribution in [-0.2, 0) is 0 Å². The van der Waals surface area contributed by atoms with Crippen LogP contribution in [-0.4, -0.2) is 72.6 Å². The van der Waals surface area contributed by atoms with Gasteiger partial charge in [0.25, 0.3) is 0 Å². The maximum absolute atomic E-state index is 11.1. The van der Waals surface area contributed by atoms with Crippen molar-refractivity contribution in [2.24, 2.45) is 0 Å². The zero-order valence-corrected chi connectivity index (χ0v) is 25.8. The Bertz CT molecular complexity index is 431. The molecule has 7 nitrogen and oxygen atoms in total. The summed E-state index contributed by atoms with van der Waals surface area (Å²) in [5.41, 5.74) is 0. The zero-order valence-electron chi connectivity index (χ0n) is 18.0. The fourth-order valence-electron chi connectivity index (χ4n) is 1.62. The summed E-state index contributed by atoms with van der Waals surface area (Å²) in [6.07, 6.45) is 8.40. The smallest absolute Gasteiger partial charge is 1.00 e. The first-order chi connectivity index (χ1) is 10.5. The van der Waals surface area contributed by atoms with Crippen LogP contribution in [0.5, 0.6) is 0 Å². The Kier molecular flexibility index (Phi) is 85.7. The Hall–Kier alpha value is 1.47.